The predicted octanol–water partition coefficient (Wildman–Crippen LogP) is 1.79. The van der Waals surface area contributed by atoms with Gasteiger partial charge in [-0.1, -0.05) is 6.92 Å². The Morgan fingerprint density at radius 2 is 2.24 bits per heavy atom. The Morgan fingerprint density at radius 1 is 1.47 bits per heavy atom. The highest BCUT2D eigenvalue weighted by Crippen LogP contribution is 2.06. The van der Waals surface area contributed by atoms with Gasteiger partial charge >= 0.3 is 0 Å². The molecule has 1 aromatic rings. The van der Waals surface area contributed by atoms with Crippen LogP contribution in [-0.4, -0.2) is 33.8 Å². The Kier molecular flexibility index (Phi) is 5.83. The second-order valence-electron chi connectivity index (χ2n) is 4.29. The van der Waals surface area contributed by atoms with Crippen LogP contribution in [0.2, 0.25) is 0 Å². The van der Waals surface area contributed by atoms with E-state index in [-0.39, 0.29) is 11.8 Å². The largest absolute Gasteiger partial charge is 0.381 e. The van der Waals surface area contributed by atoms with Gasteiger partial charge in [0.25, 0.3) is 0 Å². The fourth-order valence-electron chi connectivity index (χ4n) is 1.53. The van der Waals surface area contributed by atoms with Gasteiger partial charge in [-0.15, -0.1) is 0 Å². The van der Waals surface area contributed by atoms with Gasteiger partial charge < -0.3 is 4.74 Å². The molecule has 0 aliphatic rings. The molecule has 0 atom stereocenters. The number of ketones is 1. The van der Waals surface area contributed by atoms with Gasteiger partial charge in [-0.2, -0.15) is 5.10 Å². The third kappa shape index (κ3) is 4.65. The van der Waals surface area contributed by atoms with Gasteiger partial charge in [-0.3, -0.25) is 4.79 Å². The maximum atomic E-state index is 11.7. The van der Waals surface area contributed by atoms with Crippen molar-refractivity contribution in [1.82, 2.24) is 14.8 Å². The van der Waals surface area contributed by atoms with Crippen molar-refractivity contribution >= 4 is 5.78 Å². The number of hydrogen-bond donors (Lipinski definition) is 0. The van der Waals surface area contributed by atoms with Crippen molar-refractivity contribution in [1.29, 1.82) is 0 Å². The summed E-state index contributed by atoms with van der Waals surface area (Å²) in [6.07, 6.45) is 3.27. The fraction of sp³-hybridized carbons (Fsp3) is 0.750. The van der Waals surface area contributed by atoms with E-state index >= 15 is 0 Å². The quantitative estimate of drug-likeness (QED) is 0.649. The zero-order chi connectivity index (χ0) is 12.7. The van der Waals surface area contributed by atoms with E-state index in [0.29, 0.717) is 19.4 Å². The van der Waals surface area contributed by atoms with Crippen LogP contribution in [-0.2, 0) is 16.0 Å². The summed E-state index contributed by atoms with van der Waals surface area (Å²) in [4.78, 5) is 15.8. The van der Waals surface area contributed by atoms with E-state index in [1.54, 1.807) is 4.68 Å². The van der Waals surface area contributed by atoms with Gasteiger partial charge in [-0.05, 0) is 20.3 Å². The molecule has 0 aliphatic heterocycles. The fourth-order valence-corrected chi connectivity index (χ4v) is 1.53. The molecule has 0 saturated carbocycles. The molecule has 0 amide bonds. The first-order chi connectivity index (χ1) is 8.15. The average Bonchev–Trinajstić information content (AvgIpc) is 2.72. The topological polar surface area (TPSA) is 57.0 Å². The van der Waals surface area contributed by atoms with Crippen molar-refractivity contribution in [3.63, 3.8) is 0 Å². The van der Waals surface area contributed by atoms with Crippen LogP contribution in [0.5, 0.6) is 0 Å². The molecule has 5 heteroatoms. The van der Waals surface area contributed by atoms with Crippen LogP contribution in [0, 0.1) is 0 Å². The van der Waals surface area contributed by atoms with Crippen LogP contribution in [0.25, 0.3) is 0 Å². The Bertz CT molecular complexity index is 347. The molecule has 1 rings (SSSR count). The number of nitrogens with zero attached hydrogens (tertiary/aromatic N) is 3. The van der Waals surface area contributed by atoms with E-state index in [4.69, 9.17) is 4.74 Å². The number of carbonyl (C=O) groups excluding carboxylic acids is 1. The van der Waals surface area contributed by atoms with Gasteiger partial charge in [-0.25, -0.2) is 9.67 Å². The minimum atomic E-state index is 0.149. The molecule has 1 heterocycles. The molecule has 0 N–H and O–H groups in total. The highest BCUT2D eigenvalue weighted by molar-refractivity contribution is 5.80. The first-order valence-corrected chi connectivity index (χ1v) is 6.13. The van der Waals surface area contributed by atoms with Crippen molar-refractivity contribution < 1.29 is 9.53 Å². The molecular weight excluding hydrogens is 218 g/mol. The first-order valence-electron chi connectivity index (χ1n) is 6.13. The van der Waals surface area contributed by atoms with Crippen molar-refractivity contribution in [2.75, 3.05) is 13.2 Å². The van der Waals surface area contributed by atoms with E-state index < -0.39 is 0 Å². The Balaban J connectivity index is 2.37. The lowest BCUT2D eigenvalue weighted by Crippen LogP contribution is -2.14. The molecule has 0 unspecified atom stereocenters. The van der Waals surface area contributed by atoms with Crippen LogP contribution < -0.4 is 0 Å². The summed E-state index contributed by atoms with van der Waals surface area (Å²) in [7, 11) is 0. The zero-order valence-electron chi connectivity index (χ0n) is 10.8. The standard InChI is InChI=1S/C12H21N3O2/c1-4-6-17-7-5-11(16)8-12-13-9-14-15(12)10(2)3/h9-10H,4-8H2,1-3H3. The normalized spacial score (nSPS) is 11.1. The molecule has 0 radical (unpaired) electrons. The van der Waals surface area contributed by atoms with E-state index in [9.17, 15) is 4.79 Å². The van der Waals surface area contributed by atoms with Gasteiger partial charge in [0.15, 0.2) is 0 Å². The number of rotatable bonds is 8. The van der Waals surface area contributed by atoms with Crippen molar-refractivity contribution in [3.8, 4) is 0 Å². The molecule has 1 aromatic heterocycles. The second kappa shape index (κ2) is 7.17. The SMILES string of the molecule is CCCOCCC(=O)Cc1ncnn1C(C)C. The Labute approximate surface area is 102 Å². The van der Waals surface area contributed by atoms with Crippen LogP contribution in [0.3, 0.4) is 0 Å². The predicted molar refractivity (Wildman–Crippen MR) is 64.8 cm³/mol. The van der Waals surface area contributed by atoms with Crippen molar-refractivity contribution in [3.05, 3.63) is 12.2 Å². The molecule has 0 spiro atoms. The summed E-state index contributed by atoms with van der Waals surface area (Å²) in [5, 5.41) is 4.10. The summed E-state index contributed by atoms with van der Waals surface area (Å²) in [5.74, 6) is 0.886. The number of Topliss-reactive ketones (excluding diaryl/α,β-unsaturated/α-hetero) is 1. The number of aromatic nitrogens is 3. The number of ether oxygens (including phenoxy) is 1. The molecular formula is C12H21N3O2. The van der Waals surface area contributed by atoms with Gasteiger partial charge in [0.2, 0.25) is 0 Å². The summed E-state index contributed by atoms with van der Waals surface area (Å²) >= 11 is 0. The van der Waals surface area contributed by atoms with E-state index in [0.717, 1.165) is 18.9 Å². The van der Waals surface area contributed by atoms with Crippen molar-refractivity contribution in [2.24, 2.45) is 0 Å². The smallest absolute Gasteiger partial charge is 0.142 e. The molecule has 96 valence electrons. The maximum absolute atomic E-state index is 11.7. The zero-order valence-corrected chi connectivity index (χ0v) is 10.8. The van der Waals surface area contributed by atoms with Crippen LogP contribution >= 0.6 is 0 Å². The lowest BCUT2D eigenvalue weighted by atomic mass is 10.2. The summed E-state index contributed by atoms with van der Waals surface area (Å²) in [6.45, 7) is 7.31. The molecule has 0 bridgehead atoms. The van der Waals surface area contributed by atoms with Crippen LogP contribution in [0.1, 0.15) is 45.5 Å². The lowest BCUT2D eigenvalue weighted by molar-refractivity contribution is -0.119. The van der Waals surface area contributed by atoms with Gasteiger partial charge in [0.1, 0.15) is 17.9 Å². The van der Waals surface area contributed by atoms with E-state index in [2.05, 4.69) is 10.1 Å². The number of carbonyl (C=O) groups is 1. The summed E-state index contributed by atoms with van der Waals surface area (Å²) in [6, 6.07) is 0.233. The third-order valence-corrected chi connectivity index (χ3v) is 2.37. The second-order valence-corrected chi connectivity index (χ2v) is 4.29. The highest BCUT2D eigenvalue weighted by atomic mass is 16.5. The summed E-state index contributed by atoms with van der Waals surface area (Å²) < 4.78 is 7.07. The van der Waals surface area contributed by atoms with Gasteiger partial charge in [0, 0.05) is 19.1 Å². The van der Waals surface area contributed by atoms with Gasteiger partial charge in [0.05, 0.1) is 13.0 Å². The summed E-state index contributed by atoms with van der Waals surface area (Å²) in [5.41, 5.74) is 0. The number of hydrogen-bond acceptors (Lipinski definition) is 4. The molecule has 17 heavy (non-hydrogen) atoms. The van der Waals surface area contributed by atoms with Crippen molar-refractivity contribution in [2.45, 2.75) is 46.1 Å². The average molecular weight is 239 g/mol. The van der Waals surface area contributed by atoms with E-state index in [1.165, 1.54) is 6.33 Å². The molecule has 0 aromatic carbocycles. The maximum Gasteiger partial charge on any atom is 0.142 e. The van der Waals surface area contributed by atoms with E-state index in [1.807, 2.05) is 20.8 Å². The first kappa shape index (κ1) is 13.8. The molecule has 5 nitrogen and oxygen atoms in total. The Hall–Kier alpha value is -1.23. The molecule has 0 saturated heterocycles. The van der Waals surface area contributed by atoms with Crippen LogP contribution in [0.15, 0.2) is 6.33 Å². The minimum absolute atomic E-state index is 0.149. The third-order valence-electron chi connectivity index (χ3n) is 2.37. The lowest BCUT2D eigenvalue weighted by Gasteiger charge is -2.08. The Morgan fingerprint density at radius 3 is 2.88 bits per heavy atom. The minimum Gasteiger partial charge on any atom is -0.381 e. The molecule has 0 fully saturated rings. The monoisotopic (exact) mass is 239 g/mol. The van der Waals surface area contributed by atoms with Crippen LogP contribution in [0.4, 0.5) is 0 Å². The highest BCUT2D eigenvalue weighted by Gasteiger charge is 2.11. The molecule has 0 aliphatic carbocycles.